The van der Waals surface area contributed by atoms with Gasteiger partial charge in [0, 0.05) is 13.2 Å². The van der Waals surface area contributed by atoms with Gasteiger partial charge in [0.1, 0.15) is 5.69 Å². The number of carboxylic acids is 1. The Kier molecular flexibility index (Phi) is 7.91. The molecule has 0 saturated carbocycles. The third-order valence-electron chi connectivity index (χ3n) is 3.84. The molecule has 7 heteroatoms. The second kappa shape index (κ2) is 10.4. The third-order valence-corrected chi connectivity index (χ3v) is 3.84. The van der Waals surface area contributed by atoms with Gasteiger partial charge >= 0.3 is 5.97 Å². The van der Waals surface area contributed by atoms with Crippen molar-refractivity contribution in [2.45, 2.75) is 27.0 Å². The number of amides is 1. The number of nitrogens with one attached hydrogen (secondary N) is 1. The zero-order chi connectivity index (χ0) is 19.6. The molecule has 2 rings (SSSR count). The summed E-state index contributed by atoms with van der Waals surface area (Å²) in [6.07, 6.45) is 0. The molecule has 27 heavy (non-hydrogen) atoms. The van der Waals surface area contributed by atoms with Crippen molar-refractivity contribution in [2.24, 2.45) is 0 Å². The summed E-state index contributed by atoms with van der Waals surface area (Å²) in [5, 5.41) is 11.8. The molecule has 0 aliphatic rings. The van der Waals surface area contributed by atoms with Crippen LogP contribution in [-0.2, 0) is 22.6 Å². The quantitative estimate of drug-likeness (QED) is 0.622. The van der Waals surface area contributed by atoms with Crippen molar-refractivity contribution in [3.05, 3.63) is 64.5 Å². The van der Waals surface area contributed by atoms with E-state index in [0.29, 0.717) is 38.7 Å². The van der Waals surface area contributed by atoms with Crippen LogP contribution in [0, 0.1) is 6.92 Å². The fraction of sp³-hybridized carbons (Fsp3) is 0.350. The van der Waals surface area contributed by atoms with E-state index in [1.54, 1.807) is 6.92 Å². The molecule has 2 N–H and O–H groups in total. The smallest absolute Gasteiger partial charge is 0.337 e. The molecule has 0 saturated heterocycles. The molecule has 0 aliphatic heterocycles. The number of benzene rings is 1. The highest BCUT2D eigenvalue weighted by Gasteiger charge is 2.13. The van der Waals surface area contributed by atoms with Crippen LogP contribution >= 0.6 is 0 Å². The lowest BCUT2D eigenvalue weighted by Gasteiger charge is -2.09. The van der Waals surface area contributed by atoms with Gasteiger partial charge in [-0.15, -0.1) is 0 Å². The van der Waals surface area contributed by atoms with Crippen LogP contribution in [-0.4, -0.2) is 41.8 Å². The summed E-state index contributed by atoms with van der Waals surface area (Å²) in [6, 6.07) is 10.5. The number of carbonyl (C=O) groups is 2. The molecule has 1 aromatic heterocycles. The molecule has 0 radical (unpaired) electrons. The van der Waals surface area contributed by atoms with Gasteiger partial charge in [-0.25, -0.2) is 9.78 Å². The molecule has 0 fully saturated rings. The minimum atomic E-state index is -1.06. The van der Waals surface area contributed by atoms with Crippen LogP contribution in [0.25, 0.3) is 0 Å². The fourth-order valence-corrected chi connectivity index (χ4v) is 2.47. The van der Waals surface area contributed by atoms with Crippen LogP contribution < -0.4 is 5.32 Å². The van der Waals surface area contributed by atoms with Gasteiger partial charge in [-0.1, -0.05) is 24.3 Å². The van der Waals surface area contributed by atoms with Crippen LogP contribution in [0.3, 0.4) is 0 Å². The van der Waals surface area contributed by atoms with E-state index in [0.717, 1.165) is 11.1 Å². The number of hydrogen-bond acceptors (Lipinski definition) is 5. The van der Waals surface area contributed by atoms with Gasteiger partial charge in [0.15, 0.2) is 0 Å². The largest absolute Gasteiger partial charge is 0.478 e. The standard InChI is InChI=1S/C20H24N2O5/c1-3-26-9-10-27-13-16-6-4-5-15(11-16)12-21-19(23)18-8-7-17(20(24)25)14(2)22-18/h4-8,11H,3,9-10,12-13H2,1-2H3,(H,21,23)(H,24,25). The number of carbonyl (C=O) groups excluding carboxylic acids is 1. The Bertz CT molecular complexity index is 792. The first-order chi connectivity index (χ1) is 13.0. The van der Waals surface area contributed by atoms with Crippen molar-refractivity contribution < 1.29 is 24.2 Å². The van der Waals surface area contributed by atoms with Gasteiger partial charge in [0.2, 0.25) is 0 Å². The Morgan fingerprint density at radius 1 is 1.11 bits per heavy atom. The Labute approximate surface area is 158 Å². The maximum absolute atomic E-state index is 12.2. The van der Waals surface area contributed by atoms with E-state index in [4.69, 9.17) is 14.6 Å². The maximum Gasteiger partial charge on any atom is 0.337 e. The first-order valence-electron chi connectivity index (χ1n) is 8.73. The van der Waals surface area contributed by atoms with Crippen molar-refractivity contribution in [3.63, 3.8) is 0 Å². The number of aromatic nitrogens is 1. The predicted octanol–water partition coefficient (Wildman–Crippen LogP) is 2.57. The average Bonchev–Trinajstić information content (AvgIpc) is 2.66. The number of rotatable bonds is 10. The van der Waals surface area contributed by atoms with Crippen LogP contribution in [0.15, 0.2) is 36.4 Å². The zero-order valence-corrected chi connectivity index (χ0v) is 15.5. The molecule has 0 spiro atoms. The predicted molar refractivity (Wildman–Crippen MR) is 99.7 cm³/mol. The summed E-state index contributed by atoms with van der Waals surface area (Å²) < 4.78 is 10.8. The lowest BCUT2D eigenvalue weighted by molar-refractivity contribution is 0.0453. The summed E-state index contributed by atoms with van der Waals surface area (Å²) in [5.74, 6) is -1.42. The molecule has 7 nitrogen and oxygen atoms in total. The number of hydrogen-bond donors (Lipinski definition) is 2. The van der Waals surface area contributed by atoms with E-state index in [2.05, 4.69) is 10.3 Å². The molecule has 0 aliphatic carbocycles. The summed E-state index contributed by atoms with van der Waals surface area (Å²) in [7, 11) is 0. The summed E-state index contributed by atoms with van der Waals surface area (Å²) in [6.45, 7) is 6.10. The summed E-state index contributed by atoms with van der Waals surface area (Å²) in [4.78, 5) is 27.3. The number of aryl methyl sites for hydroxylation is 1. The van der Waals surface area contributed by atoms with E-state index in [1.807, 2.05) is 31.2 Å². The highest BCUT2D eigenvalue weighted by atomic mass is 16.5. The Morgan fingerprint density at radius 2 is 1.85 bits per heavy atom. The molecule has 0 bridgehead atoms. The topological polar surface area (TPSA) is 97.8 Å². The van der Waals surface area contributed by atoms with Crippen molar-refractivity contribution >= 4 is 11.9 Å². The molecule has 0 unspecified atom stereocenters. The normalized spacial score (nSPS) is 10.6. The zero-order valence-electron chi connectivity index (χ0n) is 15.5. The number of nitrogens with zero attached hydrogens (tertiary/aromatic N) is 1. The lowest BCUT2D eigenvalue weighted by atomic mass is 10.1. The molecule has 1 heterocycles. The monoisotopic (exact) mass is 372 g/mol. The van der Waals surface area contributed by atoms with E-state index >= 15 is 0 Å². The van der Waals surface area contributed by atoms with Gasteiger partial charge < -0.3 is 19.9 Å². The van der Waals surface area contributed by atoms with Crippen LogP contribution in [0.1, 0.15) is 44.6 Å². The van der Waals surface area contributed by atoms with Gasteiger partial charge in [0.25, 0.3) is 5.91 Å². The molecular weight excluding hydrogens is 348 g/mol. The van der Waals surface area contributed by atoms with E-state index in [-0.39, 0.29) is 17.2 Å². The van der Waals surface area contributed by atoms with E-state index in [9.17, 15) is 9.59 Å². The second-order valence-corrected chi connectivity index (χ2v) is 5.89. The van der Waals surface area contributed by atoms with Gasteiger partial charge in [0.05, 0.1) is 31.1 Å². The Hall–Kier alpha value is -2.77. The van der Waals surface area contributed by atoms with Gasteiger partial charge in [-0.3, -0.25) is 4.79 Å². The highest BCUT2D eigenvalue weighted by Crippen LogP contribution is 2.09. The number of aromatic carboxylic acids is 1. The maximum atomic E-state index is 12.2. The Balaban J connectivity index is 1.88. The van der Waals surface area contributed by atoms with Crippen molar-refractivity contribution in [1.82, 2.24) is 10.3 Å². The van der Waals surface area contributed by atoms with E-state index in [1.165, 1.54) is 12.1 Å². The molecular formula is C20H24N2O5. The lowest BCUT2D eigenvalue weighted by Crippen LogP contribution is -2.24. The van der Waals surface area contributed by atoms with Crippen molar-refractivity contribution in [2.75, 3.05) is 19.8 Å². The molecule has 1 amide bonds. The first-order valence-corrected chi connectivity index (χ1v) is 8.73. The van der Waals surface area contributed by atoms with Crippen LogP contribution in [0.5, 0.6) is 0 Å². The molecule has 1 aromatic carbocycles. The number of ether oxygens (including phenoxy) is 2. The Morgan fingerprint density at radius 3 is 2.56 bits per heavy atom. The highest BCUT2D eigenvalue weighted by molar-refractivity contribution is 5.94. The minimum absolute atomic E-state index is 0.0867. The van der Waals surface area contributed by atoms with Gasteiger partial charge in [-0.2, -0.15) is 0 Å². The summed E-state index contributed by atoms with van der Waals surface area (Å²) >= 11 is 0. The summed E-state index contributed by atoms with van der Waals surface area (Å²) in [5.41, 5.74) is 2.53. The first kappa shape index (κ1) is 20.5. The SMILES string of the molecule is CCOCCOCc1cccc(CNC(=O)c2ccc(C(=O)O)c(C)n2)c1. The second-order valence-electron chi connectivity index (χ2n) is 5.89. The van der Waals surface area contributed by atoms with Crippen molar-refractivity contribution in [3.8, 4) is 0 Å². The van der Waals surface area contributed by atoms with Gasteiger partial charge in [-0.05, 0) is 37.1 Å². The number of carboxylic acid groups (broad SMARTS) is 1. The third kappa shape index (κ3) is 6.47. The fourth-order valence-electron chi connectivity index (χ4n) is 2.47. The minimum Gasteiger partial charge on any atom is -0.478 e. The molecule has 0 atom stereocenters. The van der Waals surface area contributed by atoms with Crippen molar-refractivity contribution in [1.29, 1.82) is 0 Å². The molecule has 2 aromatic rings. The molecule has 144 valence electrons. The van der Waals surface area contributed by atoms with Crippen LogP contribution in [0.2, 0.25) is 0 Å². The van der Waals surface area contributed by atoms with E-state index < -0.39 is 5.97 Å². The number of pyridine rings is 1. The van der Waals surface area contributed by atoms with Crippen LogP contribution in [0.4, 0.5) is 0 Å². The average molecular weight is 372 g/mol.